The maximum Gasteiger partial charge on any atom is 0.207 e. The molecule has 1 aromatic carbocycles. The fraction of sp³-hybridized carbons (Fsp3) is 0.294. The highest BCUT2D eigenvalue weighted by molar-refractivity contribution is 5.77. The number of benzene rings is 1. The van der Waals surface area contributed by atoms with Crippen LogP contribution in [0, 0.1) is 6.92 Å². The van der Waals surface area contributed by atoms with Crippen LogP contribution in [0.2, 0.25) is 0 Å². The number of unbranched alkanes of at least 4 members (excludes halogenated alkanes) is 1. The van der Waals surface area contributed by atoms with Crippen LogP contribution in [0.4, 0.5) is 5.95 Å². The van der Waals surface area contributed by atoms with Crippen molar-refractivity contribution in [3.63, 3.8) is 0 Å². The Morgan fingerprint density at radius 1 is 1.19 bits per heavy atom. The van der Waals surface area contributed by atoms with Crippen molar-refractivity contribution in [2.24, 2.45) is 0 Å². The molecule has 4 nitrogen and oxygen atoms in total. The summed E-state index contributed by atoms with van der Waals surface area (Å²) in [5.74, 6) is 0.476. The molecule has 0 bridgehead atoms. The van der Waals surface area contributed by atoms with E-state index < -0.39 is 0 Å². The lowest BCUT2D eigenvalue weighted by Gasteiger charge is -2.07. The predicted molar refractivity (Wildman–Crippen MR) is 86.6 cm³/mol. The Balaban J connectivity index is 2.01. The van der Waals surface area contributed by atoms with Gasteiger partial charge in [0.1, 0.15) is 5.52 Å². The molecule has 0 saturated carbocycles. The number of aryl methyl sites for hydroxylation is 2. The van der Waals surface area contributed by atoms with E-state index in [0.717, 1.165) is 28.8 Å². The first-order chi connectivity index (χ1) is 10.2. The minimum atomic E-state index is 0.476. The Kier molecular flexibility index (Phi) is 3.60. The minimum Gasteiger partial charge on any atom is -0.369 e. The SMILES string of the molecule is CCCCc1ccc(-n2c(N)nc3cc(C)cnc32)cc1. The van der Waals surface area contributed by atoms with Crippen molar-refractivity contribution in [2.75, 3.05) is 5.73 Å². The first kappa shape index (κ1) is 13.6. The molecular formula is C17H20N4. The Hall–Kier alpha value is -2.36. The number of hydrogen-bond donors (Lipinski definition) is 1. The number of imidazole rings is 1. The molecule has 0 aliphatic carbocycles. The van der Waals surface area contributed by atoms with Crippen molar-refractivity contribution < 1.29 is 0 Å². The first-order valence-electron chi connectivity index (χ1n) is 7.39. The number of anilines is 1. The summed E-state index contributed by atoms with van der Waals surface area (Å²) in [6, 6.07) is 10.5. The van der Waals surface area contributed by atoms with Crippen molar-refractivity contribution in [1.29, 1.82) is 0 Å². The summed E-state index contributed by atoms with van der Waals surface area (Å²) in [4.78, 5) is 8.87. The summed E-state index contributed by atoms with van der Waals surface area (Å²) in [6.07, 6.45) is 5.39. The fourth-order valence-electron chi connectivity index (χ4n) is 2.53. The summed E-state index contributed by atoms with van der Waals surface area (Å²) in [7, 11) is 0. The van der Waals surface area contributed by atoms with Crippen LogP contribution in [0.5, 0.6) is 0 Å². The lowest BCUT2D eigenvalue weighted by Crippen LogP contribution is -2.01. The number of rotatable bonds is 4. The van der Waals surface area contributed by atoms with Gasteiger partial charge in [0.15, 0.2) is 5.65 Å². The highest BCUT2D eigenvalue weighted by Gasteiger charge is 2.11. The van der Waals surface area contributed by atoms with Gasteiger partial charge in [-0.3, -0.25) is 4.57 Å². The lowest BCUT2D eigenvalue weighted by molar-refractivity contribution is 0.795. The number of fused-ring (bicyclic) bond motifs is 1. The maximum absolute atomic E-state index is 6.07. The second-order valence-corrected chi connectivity index (χ2v) is 5.43. The van der Waals surface area contributed by atoms with Crippen LogP contribution in [0.3, 0.4) is 0 Å². The maximum atomic E-state index is 6.07. The number of aromatic nitrogens is 3. The van der Waals surface area contributed by atoms with Gasteiger partial charge in [0.2, 0.25) is 5.95 Å². The summed E-state index contributed by atoms with van der Waals surface area (Å²) in [5, 5.41) is 0. The van der Waals surface area contributed by atoms with Crippen molar-refractivity contribution in [1.82, 2.24) is 14.5 Å². The molecule has 0 atom stereocenters. The van der Waals surface area contributed by atoms with E-state index in [1.54, 1.807) is 0 Å². The second-order valence-electron chi connectivity index (χ2n) is 5.43. The van der Waals surface area contributed by atoms with Gasteiger partial charge in [-0.2, -0.15) is 0 Å². The Morgan fingerprint density at radius 3 is 2.67 bits per heavy atom. The average Bonchev–Trinajstić information content (AvgIpc) is 2.80. The number of nitrogens with zero attached hydrogens (tertiary/aromatic N) is 3. The zero-order valence-corrected chi connectivity index (χ0v) is 12.5. The minimum absolute atomic E-state index is 0.476. The molecule has 0 spiro atoms. The number of hydrogen-bond acceptors (Lipinski definition) is 3. The van der Waals surface area contributed by atoms with Gasteiger partial charge in [-0.15, -0.1) is 0 Å². The van der Waals surface area contributed by atoms with E-state index >= 15 is 0 Å². The molecule has 3 rings (SSSR count). The molecule has 4 heteroatoms. The van der Waals surface area contributed by atoms with Crippen LogP contribution in [-0.4, -0.2) is 14.5 Å². The van der Waals surface area contributed by atoms with Crippen LogP contribution >= 0.6 is 0 Å². The molecular weight excluding hydrogens is 260 g/mol. The zero-order valence-electron chi connectivity index (χ0n) is 12.5. The van der Waals surface area contributed by atoms with E-state index in [4.69, 9.17) is 5.73 Å². The van der Waals surface area contributed by atoms with Crippen LogP contribution in [0.1, 0.15) is 30.9 Å². The Morgan fingerprint density at radius 2 is 1.95 bits per heavy atom. The quantitative estimate of drug-likeness (QED) is 0.793. The summed E-state index contributed by atoms with van der Waals surface area (Å²) in [6.45, 7) is 4.21. The van der Waals surface area contributed by atoms with Crippen LogP contribution in [-0.2, 0) is 6.42 Å². The van der Waals surface area contributed by atoms with Crippen molar-refractivity contribution in [2.45, 2.75) is 33.1 Å². The first-order valence-corrected chi connectivity index (χ1v) is 7.39. The van der Waals surface area contributed by atoms with E-state index in [2.05, 4.69) is 41.2 Å². The molecule has 0 unspecified atom stereocenters. The lowest BCUT2D eigenvalue weighted by atomic mass is 10.1. The summed E-state index contributed by atoms with van der Waals surface area (Å²) < 4.78 is 1.90. The Labute approximate surface area is 124 Å². The number of pyridine rings is 1. The van der Waals surface area contributed by atoms with Gasteiger partial charge in [0.25, 0.3) is 0 Å². The largest absolute Gasteiger partial charge is 0.369 e. The average molecular weight is 280 g/mol. The van der Waals surface area contributed by atoms with E-state index in [1.165, 1.54) is 18.4 Å². The van der Waals surface area contributed by atoms with Gasteiger partial charge in [-0.05, 0) is 49.1 Å². The molecule has 0 amide bonds. The van der Waals surface area contributed by atoms with Gasteiger partial charge in [0.05, 0.1) is 5.69 Å². The molecule has 2 aromatic heterocycles. The van der Waals surface area contributed by atoms with Crippen LogP contribution < -0.4 is 5.73 Å². The van der Waals surface area contributed by atoms with Gasteiger partial charge in [0, 0.05) is 6.20 Å². The third-order valence-electron chi connectivity index (χ3n) is 3.67. The standard InChI is InChI=1S/C17H20N4/c1-3-4-5-13-6-8-14(9-7-13)21-16-15(20-17(21)18)10-12(2)11-19-16/h6-11H,3-5H2,1-2H3,(H2,18,20). The molecule has 0 aliphatic heterocycles. The molecule has 0 saturated heterocycles. The normalized spacial score (nSPS) is 11.1. The molecule has 3 aromatic rings. The molecule has 2 N–H and O–H groups in total. The third-order valence-corrected chi connectivity index (χ3v) is 3.67. The van der Waals surface area contributed by atoms with E-state index in [9.17, 15) is 0 Å². The van der Waals surface area contributed by atoms with Crippen molar-refractivity contribution >= 4 is 17.1 Å². The topological polar surface area (TPSA) is 56.7 Å². The monoisotopic (exact) mass is 280 g/mol. The van der Waals surface area contributed by atoms with Crippen molar-refractivity contribution in [3.05, 3.63) is 47.7 Å². The van der Waals surface area contributed by atoms with Gasteiger partial charge in [-0.1, -0.05) is 25.5 Å². The summed E-state index contributed by atoms with van der Waals surface area (Å²) in [5.41, 5.74) is 11.2. The molecule has 0 radical (unpaired) electrons. The molecule has 108 valence electrons. The van der Waals surface area contributed by atoms with Gasteiger partial charge >= 0.3 is 0 Å². The Bertz CT molecular complexity index is 756. The van der Waals surface area contributed by atoms with E-state index in [1.807, 2.05) is 23.8 Å². The van der Waals surface area contributed by atoms with Crippen molar-refractivity contribution in [3.8, 4) is 5.69 Å². The summed E-state index contributed by atoms with van der Waals surface area (Å²) >= 11 is 0. The molecule has 0 fully saturated rings. The second kappa shape index (κ2) is 5.56. The number of nitrogens with two attached hydrogens (primary N) is 1. The van der Waals surface area contributed by atoms with E-state index in [0.29, 0.717) is 5.95 Å². The predicted octanol–water partition coefficient (Wildman–Crippen LogP) is 3.65. The van der Waals surface area contributed by atoms with Crippen LogP contribution in [0.25, 0.3) is 16.9 Å². The molecule has 2 heterocycles. The van der Waals surface area contributed by atoms with Gasteiger partial charge in [-0.25, -0.2) is 9.97 Å². The van der Waals surface area contributed by atoms with Crippen LogP contribution in [0.15, 0.2) is 36.5 Å². The van der Waals surface area contributed by atoms with E-state index in [-0.39, 0.29) is 0 Å². The number of nitrogen functional groups attached to an aromatic ring is 1. The fourth-order valence-corrected chi connectivity index (χ4v) is 2.53. The smallest absolute Gasteiger partial charge is 0.207 e. The zero-order chi connectivity index (χ0) is 14.8. The highest BCUT2D eigenvalue weighted by Crippen LogP contribution is 2.22. The molecule has 21 heavy (non-hydrogen) atoms. The van der Waals surface area contributed by atoms with Gasteiger partial charge < -0.3 is 5.73 Å². The molecule has 0 aliphatic rings. The third kappa shape index (κ3) is 2.61. The highest BCUT2D eigenvalue weighted by atomic mass is 15.2.